The van der Waals surface area contributed by atoms with Gasteiger partial charge in [0.2, 0.25) is 0 Å². The van der Waals surface area contributed by atoms with E-state index in [0.717, 1.165) is 17.1 Å². The summed E-state index contributed by atoms with van der Waals surface area (Å²) in [5.41, 5.74) is 4.27. The summed E-state index contributed by atoms with van der Waals surface area (Å²) < 4.78 is 10.4. The van der Waals surface area contributed by atoms with Gasteiger partial charge >= 0.3 is 0 Å². The molecule has 2 N–H and O–H groups in total. The number of amides is 1. The van der Waals surface area contributed by atoms with Gasteiger partial charge in [-0.05, 0) is 49.4 Å². The molecule has 0 unspecified atom stereocenters. The summed E-state index contributed by atoms with van der Waals surface area (Å²) in [6, 6.07) is 12.6. The highest BCUT2D eigenvalue weighted by atomic mass is 16.5. The van der Waals surface area contributed by atoms with Gasteiger partial charge in [-0.1, -0.05) is 0 Å². The number of benzene rings is 1. The summed E-state index contributed by atoms with van der Waals surface area (Å²) in [6.07, 6.45) is 1.44. The monoisotopic (exact) mass is 324 g/mol. The Kier molecular flexibility index (Phi) is 4.42. The van der Waals surface area contributed by atoms with Crippen LogP contribution in [0.1, 0.15) is 22.0 Å². The van der Waals surface area contributed by atoms with Crippen molar-refractivity contribution in [2.75, 3.05) is 7.11 Å². The van der Waals surface area contributed by atoms with Gasteiger partial charge in [-0.2, -0.15) is 10.2 Å². The van der Waals surface area contributed by atoms with Crippen LogP contribution in [0.15, 0.2) is 52.0 Å². The first-order valence-corrected chi connectivity index (χ1v) is 7.25. The zero-order valence-electron chi connectivity index (χ0n) is 13.2. The molecular formula is C17H16N4O3. The lowest BCUT2D eigenvalue weighted by Crippen LogP contribution is -2.17. The van der Waals surface area contributed by atoms with Crippen LogP contribution in [0.5, 0.6) is 5.75 Å². The van der Waals surface area contributed by atoms with Crippen LogP contribution in [0.25, 0.3) is 11.3 Å². The molecule has 7 heteroatoms. The number of rotatable bonds is 5. The summed E-state index contributed by atoms with van der Waals surface area (Å²) in [4.78, 5) is 12.0. The van der Waals surface area contributed by atoms with E-state index >= 15 is 0 Å². The van der Waals surface area contributed by atoms with Crippen LogP contribution >= 0.6 is 0 Å². The van der Waals surface area contributed by atoms with Crippen LogP contribution in [-0.2, 0) is 0 Å². The second-order valence-corrected chi connectivity index (χ2v) is 5.04. The lowest BCUT2D eigenvalue weighted by atomic mass is 10.1. The molecule has 0 fully saturated rings. The van der Waals surface area contributed by atoms with E-state index in [1.54, 1.807) is 19.2 Å². The molecule has 3 rings (SSSR count). The number of carbonyl (C=O) groups is 1. The number of aryl methyl sites for hydroxylation is 1. The normalized spacial score (nSPS) is 10.9. The molecule has 0 saturated carbocycles. The molecule has 7 nitrogen and oxygen atoms in total. The highest BCUT2D eigenvalue weighted by Crippen LogP contribution is 2.21. The number of ether oxygens (including phenoxy) is 1. The van der Waals surface area contributed by atoms with E-state index in [0.29, 0.717) is 17.1 Å². The van der Waals surface area contributed by atoms with Gasteiger partial charge in [-0.25, -0.2) is 5.43 Å². The number of furan rings is 1. The maximum Gasteiger partial charge on any atom is 0.289 e. The fourth-order valence-electron chi connectivity index (χ4n) is 2.09. The van der Waals surface area contributed by atoms with Crippen molar-refractivity contribution in [1.82, 2.24) is 15.6 Å². The van der Waals surface area contributed by atoms with Gasteiger partial charge < -0.3 is 9.15 Å². The van der Waals surface area contributed by atoms with E-state index in [1.165, 1.54) is 6.21 Å². The molecule has 3 aromatic rings. The third kappa shape index (κ3) is 3.52. The maximum atomic E-state index is 12.0. The molecule has 24 heavy (non-hydrogen) atoms. The largest absolute Gasteiger partial charge is 0.497 e. The number of H-pyrrole nitrogens is 1. The van der Waals surface area contributed by atoms with Crippen molar-refractivity contribution in [3.63, 3.8) is 0 Å². The Morgan fingerprint density at radius 3 is 2.75 bits per heavy atom. The molecule has 0 spiro atoms. The average Bonchev–Trinajstić information content (AvgIpc) is 3.24. The number of nitrogens with one attached hydrogen (secondary N) is 2. The van der Waals surface area contributed by atoms with Crippen molar-refractivity contribution in [2.45, 2.75) is 6.92 Å². The Hall–Kier alpha value is -3.35. The number of carbonyl (C=O) groups excluding carboxylic acids is 1. The summed E-state index contributed by atoms with van der Waals surface area (Å²) in [5.74, 6) is 1.72. The quantitative estimate of drug-likeness (QED) is 0.557. The van der Waals surface area contributed by atoms with Crippen molar-refractivity contribution in [2.24, 2.45) is 5.10 Å². The Morgan fingerprint density at radius 2 is 2.08 bits per heavy atom. The molecule has 0 aliphatic heterocycles. The molecule has 0 atom stereocenters. The zero-order chi connectivity index (χ0) is 16.9. The number of hydrogen-bond acceptors (Lipinski definition) is 5. The lowest BCUT2D eigenvalue weighted by Gasteiger charge is -1.99. The highest BCUT2D eigenvalue weighted by molar-refractivity contribution is 5.93. The number of hydrogen-bond donors (Lipinski definition) is 2. The summed E-state index contributed by atoms with van der Waals surface area (Å²) in [7, 11) is 1.61. The minimum atomic E-state index is -0.387. The summed E-state index contributed by atoms with van der Waals surface area (Å²) in [5, 5.41) is 10.7. The van der Waals surface area contributed by atoms with E-state index in [4.69, 9.17) is 9.15 Å². The average molecular weight is 324 g/mol. The van der Waals surface area contributed by atoms with Gasteiger partial charge in [0, 0.05) is 5.56 Å². The minimum absolute atomic E-state index is 0.314. The molecule has 0 aliphatic carbocycles. The number of methoxy groups -OCH3 is 1. The fourth-order valence-corrected chi connectivity index (χ4v) is 2.09. The van der Waals surface area contributed by atoms with Crippen LogP contribution < -0.4 is 10.2 Å². The smallest absolute Gasteiger partial charge is 0.289 e. The lowest BCUT2D eigenvalue weighted by molar-refractivity contribution is 0.0950. The van der Waals surface area contributed by atoms with Crippen molar-refractivity contribution >= 4 is 12.1 Å². The van der Waals surface area contributed by atoms with E-state index in [-0.39, 0.29) is 5.91 Å². The minimum Gasteiger partial charge on any atom is -0.497 e. The Bertz CT molecular complexity index is 862. The SMILES string of the molecule is COc1ccc(-c2cc(C(=O)N/N=C\c3ccc(C)o3)[nH]n2)cc1. The van der Waals surface area contributed by atoms with Crippen LogP contribution in [-0.4, -0.2) is 29.4 Å². The zero-order valence-corrected chi connectivity index (χ0v) is 13.2. The van der Waals surface area contributed by atoms with Crippen molar-refractivity contribution < 1.29 is 13.9 Å². The maximum absolute atomic E-state index is 12.0. The number of aromatic nitrogens is 2. The third-order valence-electron chi connectivity index (χ3n) is 3.33. The Morgan fingerprint density at radius 1 is 1.29 bits per heavy atom. The van der Waals surface area contributed by atoms with Gasteiger partial charge in [0.25, 0.3) is 5.91 Å². The Balaban J connectivity index is 1.65. The summed E-state index contributed by atoms with van der Waals surface area (Å²) in [6.45, 7) is 1.83. The standard InChI is InChI=1S/C17H16N4O3/c1-11-3-6-14(24-11)10-18-21-17(22)16-9-15(19-20-16)12-4-7-13(23-2)8-5-12/h3-10H,1-2H3,(H,19,20)(H,21,22)/b18-10-. The summed E-state index contributed by atoms with van der Waals surface area (Å²) >= 11 is 0. The molecule has 0 radical (unpaired) electrons. The van der Waals surface area contributed by atoms with E-state index in [9.17, 15) is 4.79 Å². The van der Waals surface area contributed by atoms with Gasteiger partial charge in [0.1, 0.15) is 23.0 Å². The van der Waals surface area contributed by atoms with Crippen molar-refractivity contribution in [3.8, 4) is 17.0 Å². The second kappa shape index (κ2) is 6.82. The molecule has 122 valence electrons. The highest BCUT2D eigenvalue weighted by Gasteiger charge is 2.10. The number of nitrogens with zero attached hydrogens (tertiary/aromatic N) is 2. The molecule has 0 aliphatic rings. The topological polar surface area (TPSA) is 92.5 Å². The van der Waals surface area contributed by atoms with Crippen LogP contribution in [0.4, 0.5) is 0 Å². The molecule has 2 heterocycles. The van der Waals surface area contributed by atoms with Crippen LogP contribution in [0.3, 0.4) is 0 Å². The van der Waals surface area contributed by atoms with Gasteiger partial charge in [0.15, 0.2) is 0 Å². The first kappa shape index (κ1) is 15.5. The van der Waals surface area contributed by atoms with Crippen LogP contribution in [0, 0.1) is 6.92 Å². The van der Waals surface area contributed by atoms with Gasteiger partial charge in [-0.15, -0.1) is 0 Å². The van der Waals surface area contributed by atoms with E-state index < -0.39 is 0 Å². The van der Waals surface area contributed by atoms with Crippen molar-refractivity contribution in [1.29, 1.82) is 0 Å². The first-order chi connectivity index (χ1) is 11.7. The molecule has 1 amide bonds. The predicted octanol–water partition coefficient (Wildman–Crippen LogP) is 2.75. The molecular weight excluding hydrogens is 308 g/mol. The first-order valence-electron chi connectivity index (χ1n) is 7.25. The Labute approximate surface area is 138 Å². The van der Waals surface area contributed by atoms with Crippen molar-refractivity contribution in [3.05, 3.63) is 59.7 Å². The number of aromatic amines is 1. The second-order valence-electron chi connectivity index (χ2n) is 5.04. The number of hydrazone groups is 1. The molecule has 1 aromatic carbocycles. The van der Waals surface area contributed by atoms with E-state index in [1.807, 2.05) is 37.3 Å². The molecule has 0 bridgehead atoms. The molecule has 2 aromatic heterocycles. The fraction of sp³-hybridized carbons (Fsp3) is 0.118. The molecule has 0 saturated heterocycles. The van der Waals surface area contributed by atoms with Crippen LogP contribution in [0.2, 0.25) is 0 Å². The van der Waals surface area contributed by atoms with Gasteiger partial charge in [-0.3, -0.25) is 9.89 Å². The van der Waals surface area contributed by atoms with E-state index in [2.05, 4.69) is 20.7 Å². The van der Waals surface area contributed by atoms with Gasteiger partial charge in [0.05, 0.1) is 19.0 Å². The third-order valence-corrected chi connectivity index (χ3v) is 3.33. The predicted molar refractivity (Wildman–Crippen MR) is 89.1 cm³/mol.